The van der Waals surface area contributed by atoms with Gasteiger partial charge in [0.25, 0.3) is 0 Å². The summed E-state index contributed by atoms with van der Waals surface area (Å²) in [6.07, 6.45) is 0.944. The summed E-state index contributed by atoms with van der Waals surface area (Å²) in [6, 6.07) is 0. The zero-order chi connectivity index (χ0) is 7.54. The molecule has 0 spiro atoms. The number of nitrogens with two attached hydrogens (primary N) is 2. The molecule has 0 saturated carbocycles. The number of rotatable bonds is 3. The smallest absolute Gasteiger partial charge is 0.0662 e. The average Bonchev–Trinajstić information content (AvgIpc) is 1.91. The first-order chi connectivity index (χ1) is 4.33. The van der Waals surface area contributed by atoms with Crippen LogP contribution >= 0.6 is 0 Å². The monoisotopic (exact) mass is 136 g/mol. The van der Waals surface area contributed by atoms with Crippen molar-refractivity contribution in [1.29, 1.82) is 0 Å². The minimum absolute atomic E-state index is 0.125. The lowest BCUT2D eigenvalue weighted by Gasteiger charge is -1.81. The van der Waals surface area contributed by atoms with Gasteiger partial charge in [0.1, 0.15) is 0 Å². The van der Waals surface area contributed by atoms with Crippen LogP contribution in [-0.4, -0.2) is 36.5 Å². The Bertz CT molecular complexity index is 32.1. The minimum Gasteiger partial charge on any atom is -0.394 e. The number of hydrogen-bond acceptors (Lipinski definition) is 4. The van der Waals surface area contributed by atoms with Gasteiger partial charge >= 0.3 is 0 Å². The molecule has 0 amide bonds. The lowest BCUT2D eigenvalue weighted by molar-refractivity contribution is 0.186. The van der Waals surface area contributed by atoms with E-state index in [2.05, 4.69) is 0 Å². The average molecular weight is 136 g/mol. The molecule has 9 heavy (non-hydrogen) atoms. The highest BCUT2D eigenvalue weighted by Gasteiger charge is 1.67. The van der Waals surface area contributed by atoms with Gasteiger partial charge in [0.05, 0.1) is 13.2 Å². The largest absolute Gasteiger partial charge is 0.394 e. The van der Waals surface area contributed by atoms with Crippen molar-refractivity contribution in [1.82, 2.24) is 0 Å². The Morgan fingerprint density at radius 1 is 0.889 bits per heavy atom. The van der Waals surface area contributed by atoms with Crippen LogP contribution in [0.25, 0.3) is 0 Å². The maximum atomic E-state index is 7.62. The summed E-state index contributed by atoms with van der Waals surface area (Å²) in [5.41, 5.74) is 10.1. The summed E-state index contributed by atoms with van der Waals surface area (Å²) in [5.74, 6) is 0. The fourth-order valence-corrected chi connectivity index (χ4v) is 0.118. The molecule has 0 aromatic heterocycles. The molecule has 0 aliphatic heterocycles. The third-order valence-electron chi connectivity index (χ3n) is 0.508. The summed E-state index contributed by atoms with van der Waals surface area (Å²) >= 11 is 0. The van der Waals surface area contributed by atoms with Gasteiger partial charge in [0.2, 0.25) is 0 Å². The van der Waals surface area contributed by atoms with Crippen LogP contribution in [0.2, 0.25) is 0 Å². The van der Waals surface area contributed by atoms with Crippen LogP contribution in [0.3, 0.4) is 0 Å². The SMILES string of the molecule is NCCCN.OCCO. The molecule has 0 atom stereocenters. The molecule has 0 aromatic carbocycles. The van der Waals surface area contributed by atoms with Crippen LogP contribution in [-0.2, 0) is 0 Å². The summed E-state index contributed by atoms with van der Waals surface area (Å²) in [6.45, 7) is 1.19. The van der Waals surface area contributed by atoms with Crippen LogP contribution in [0.1, 0.15) is 6.42 Å². The maximum Gasteiger partial charge on any atom is 0.0662 e. The second-order valence-electron chi connectivity index (χ2n) is 1.38. The van der Waals surface area contributed by atoms with E-state index in [1.807, 2.05) is 0 Å². The van der Waals surface area contributed by atoms with E-state index >= 15 is 0 Å². The van der Waals surface area contributed by atoms with Crippen LogP contribution < -0.4 is 11.5 Å². The van der Waals surface area contributed by atoms with Gasteiger partial charge in [-0.2, -0.15) is 0 Å². The van der Waals surface area contributed by atoms with Crippen LogP contribution in [0.15, 0.2) is 0 Å². The predicted octanol–water partition coefficient (Wildman–Crippen LogP) is -1.74. The van der Waals surface area contributed by atoms with Crippen LogP contribution in [0.5, 0.6) is 0 Å². The summed E-state index contributed by atoms with van der Waals surface area (Å²) in [7, 11) is 0. The Balaban J connectivity index is 0. The van der Waals surface area contributed by atoms with Gasteiger partial charge < -0.3 is 21.7 Å². The fourth-order valence-electron chi connectivity index (χ4n) is 0.118. The number of aliphatic hydroxyl groups excluding tert-OH is 2. The van der Waals surface area contributed by atoms with E-state index in [-0.39, 0.29) is 13.2 Å². The molecule has 4 heteroatoms. The van der Waals surface area contributed by atoms with E-state index in [0.29, 0.717) is 0 Å². The lowest BCUT2D eigenvalue weighted by atomic mass is 10.4. The van der Waals surface area contributed by atoms with Crippen LogP contribution in [0, 0.1) is 0 Å². The Morgan fingerprint density at radius 3 is 1.22 bits per heavy atom. The molecule has 0 fully saturated rings. The first-order valence-corrected chi connectivity index (χ1v) is 2.95. The van der Waals surface area contributed by atoms with Gasteiger partial charge in [-0.1, -0.05) is 0 Å². The van der Waals surface area contributed by atoms with Gasteiger partial charge in [0.15, 0.2) is 0 Å². The summed E-state index contributed by atoms with van der Waals surface area (Å²) in [5, 5.41) is 15.2. The van der Waals surface area contributed by atoms with Crippen molar-refractivity contribution in [3.8, 4) is 0 Å². The van der Waals surface area contributed by atoms with E-state index in [4.69, 9.17) is 21.7 Å². The van der Waals surface area contributed by atoms with Crippen molar-refractivity contribution in [2.45, 2.75) is 6.42 Å². The Kier molecular flexibility index (Phi) is 20.2. The molecule has 0 heterocycles. The molecule has 0 saturated heterocycles. The molecular formula is C5H16N2O2. The quantitative estimate of drug-likeness (QED) is 0.371. The van der Waals surface area contributed by atoms with Crippen molar-refractivity contribution in [2.75, 3.05) is 26.3 Å². The topological polar surface area (TPSA) is 92.5 Å². The molecule has 0 aliphatic carbocycles. The predicted molar refractivity (Wildman–Crippen MR) is 36.9 cm³/mol. The fraction of sp³-hybridized carbons (Fsp3) is 1.00. The molecule has 0 aromatic rings. The highest BCUT2D eigenvalue weighted by Crippen LogP contribution is 1.58. The Morgan fingerprint density at radius 2 is 1.22 bits per heavy atom. The van der Waals surface area contributed by atoms with Gasteiger partial charge in [-0.05, 0) is 19.5 Å². The van der Waals surface area contributed by atoms with Gasteiger partial charge in [0, 0.05) is 0 Å². The Labute approximate surface area is 55.5 Å². The third kappa shape index (κ3) is 33.2. The minimum atomic E-state index is -0.125. The van der Waals surface area contributed by atoms with E-state index in [0.717, 1.165) is 19.5 Å². The molecule has 0 bridgehead atoms. The van der Waals surface area contributed by atoms with Crippen molar-refractivity contribution < 1.29 is 10.2 Å². The van der Waals surface area contributed by atoms with Crippen molar-refractivity contribution >= 4 is 0 Å². The van der Waals surface area contributed by atoms with E-state index in [1.165, 1.54) is 0 Å². The zero-order valence-corrected chi connectivity index (χ0v) is 5.58. The standard InChI is InChI=1S/C3H10N2.C2H6O2/c4-2-1-3-5;3-1-2-4/h1-5H2;3-4H,1-2H2. The van der Waals surface area contributed by atoms with E-state index < -0.39 is 0 Å². The normalized spacial score (nSPS) is 8.00. The Hall–Kier alpha value is -0.160. The van der Waals surface area contributed by atoms with Crippen molar-refractivity contribution in [2.24, 2.45) is 11.5 Å². The van der Waals surface area contributed by atoms with Gasteiger partial charge in [-0.3, -0.25) is 0 Å². The van der Waals surface area contributed by atoms with Gasteiger partial charge in [-0.25, -0.2) is 0 Å². The van der Waals surface area contributed by atoms with E-state index in [9.17, 15) is 0 Å². The highest BCUT2D eigenvalue weighted by molar-refractivity contribution is 4.33. The van der Waals surface area contributed by atoms with Crippen molar-refractivity contribution in [3.63, 3.8) is 0 Å². The second-order valence-corrected chi connectivity index (χ2v) is 1.38. The van der Waals surface area contributed by atoms with Gasteiger partial charge in [-0.15, -0.1) is 0 Å². The maximum absolute atomic E-state index is 7.62. The molecule has 4 nitrogen and oxygen atoms in total. The molecule has 58 valence electrons. The summed E-state index contributed by atoms with van der Waals surface area (Å²) < 4.78 is 0. The second kappa shape index (κ2) is 15.7. The number of aliphatic hydroxyl groups is 2. The van der Waals surface area contributed by atoms with Crippen molar-refractivity contribution in [3.05, 3.63) is 0 Å². The first kappa shape index (κ1) is 11.6. The molecular weight excluding hydrogens is 120 g/mol. The third-order valence-corrected chi connectivity index (χ3v) is 0.508. The molecule has 0 unspecified atom stereocenters. The highest BCUT2D eigenvalue weighted by atomic mass is 16.3. The molecule has 6 N–H and O–H groups in total. The van der Waals surface area contributed by atoms with E-state index in [1.54, 1.807) is 0 Å². The zero-order valence-electron chi connectivity index (χ0n) is 5.58. The first-order valence-electron chi connectivity index (χ1n) is 2.95. The van der Waals surface area contributed by atoms with Crippen LogP contribution in [0.4, 0.5) is 0 Å². The number of hydrogen-bond donors (Lipinski definition) is 4. The molecule has 0 aliphatic rings. The summed E-state index contributed by atoms with van der Waals surface area (Å²) in [4.78, 5) is 0. The molecule has 0 radical (unpaired) electrons. The lowest BCUT2D eigenvalue weighted by Crippen LogP contribution is -2.06. The molecule has 0 rings (SSSR count).